The van der Waals surface area contributed by atoms with E-state index in [2.05, 4.69) is 5.32 Å². The van der Waals surface area contributed by atoms with E-state index in [9.17, 15) is 28.8 Å². The first-order chi connectivity index (χ1) is 18.4. The Morgan fingerprint density at radius 2 is 1.51 bits per heavy atom. The Hall–Kier alpha value is -4.00. The van der Waals surface area contributed by atoms with Crippen LogP contribution in [0.3, 0.4) is 0 Å². The first-order valence-electron chi connectivity index (χ1n) is 12.2. The van der Waals surface area contributed by atoms with Crippen LogP contribution in [0.5, 0.6) is 0 Å². The highest BCUT2D eigenvalue weighted by atomic mass is 16.6. The summed E-state index contributed by atoms with van der Waals surface area (Å²) < 4.78 is 32.5. The molecule has 0 aromatic heterocycles. The van der Waals surface area contributed by atoms with Crippen LogP contribution in [0, 0.1) is 0 Å². The SMILES string of the molecule is CC(=O)N[C@H]1[C@H]([C@H](OC(C)=O)[C@@H](COC(C)=O)OC(C)=O)O[C@@H](C(=O)OCc2ccccc2)C[C@@H]1OC(C)=O. The molecule has 0 radical (unpaired) electrons. The third-order valence-corrected chi connectivity index (χ3v) is 5.46. The molecule has 1 aliphatic heterocycles. The van der Waals surface area contributed by atoms with Crippen LogP contribution >= 0.6 is 0 Å². The van der Waals surface area contributed by atoms with Crippen LogP contribution in [-0.4, -0.2) is 78.9 Å². The number of amides is 1. The Labute approximate surface area is 225 Å². The Bertz CT molecular complexity index is 1040. The van der Waals surface area contributed by atoms with Gasteiger partial charge in [0.05, 0.1) is 6.04 Å². The van der Waals surface area contributed by atoms with Gasteiger partial charge >= 0.3 is 29.8 Å². The summed E-state index contributed by atoms with van der Waals surface area (Å²) in [6.45, 7) is 5.01. The van der Waals surface area contributed by atoms with Crippen molar-refractivity contribution in [2.75, 3.05) is 6.61 Å². The minimum atomic E-state index is -1.51. The van der Waals surface area contributed by atoms with Crippen LogP contribution in [0.2, 0.25) is 0 Å². The molecule has 214 valence electrons. The van der Waals surface area contributed by atoms with Crippen molar-refractivity contribution < 1.29 is 57.2 Å². The van der Waals surface area contributed by atoms with E-state index in [1.807, 2.05) is 0 Å². The third-order valence-electron chi connectivity index (χ3n) is 5.46. The molecule has 0 saturated carbocycles. The smallest absolute Gasteiger partial charge is 0.335 e. The van der Waals surface area contributed by atoms with Crippen LogP contribution in [-0.2, 0) is 63.8 Å². The van der Waals surface area contributed by atoms with Crippen molar-refractivity contribution >= 4 is 35.8 Å². The molecule has 1 N–H and O–H groups in total. The molecule has 1 aromatic carbocycles. The lowest BCUT2D eigenvalue weighted by Crippen LogP contribution is -2.65. The van der Waals surface area contributed by atoms with E-state index in [0.717, 1.165) is 27.7 Å². The summed E-state index contributed by atoms with van der Waals surface area (Å²) in [4.78, 5) is 72.6. The molecule has 1 fully saturated rings. The van der Waals surface area contributed by atoms with E-state index in [1.54, 1.807) is 30.3 Å². The molecule has 2 rings (SSSR count). The fourth-order valence-electron chi connectivity index (χ4n) is 4.05. The van der Waals surface area contributed by atoms with Gasteiger partial charge in [0.25, 0.3) is 0 Å². The number of carbonyl (C=O) groups excluding carboxylic acids is 6. The second kappa shape index (κ2) is 14.8. The van der Waals surface area contributed by atoms with E-state index >= 15 is 0 Å². The lowest BCUT2D eigenvalue weighted by Gasteiger charge is -2.44. The highest BCUT2D eigenvalue weighted by Crippen LogP contribution is 2.30. The fourth-order valence-corrected chi connectivity index (χ4v) is 4.05. The summed E-state index contributed by atoms with van der Waals surface area (Å²) in [6, 6.07) is 7.68. The maximum Gasteiger partial charge on any atom is 0.335 e. The first kappa shape index (κ1) is 31.2. The third kappa shape index (κ3) is 10.3. The standard InChI is InChI=1S/C26H33NO12/c1-14(28)27-23-20(36-16(3)30)11-21(26(33)35-12-19-9-7-6-8-10-19)39-25(23)24(38-18(5)32)22(37-17(4)31)13-34-15(2)29/h6-10,20-25H,11-13H2,1-5H3,(H,27,28)/t20-,21+,22+,23+,24+,25+/m0/s1. The minimum absolute atomic E-state index is 0.0759. The van der Waals surface area contributed by atoms with Crippen LogP contribution < -0.4 is 5.32 Å². The van der Waals surface area contributed by atoms with Gasteiger partial charge in [0, 0.05) is 41.0 Å². The number of nitrogens with one attached hydrogen (secondary N) is 1. The second-order valence-electron chi connectivity index (χ2n) is 8.82. The number of hydrogen-bond donors (Lipinski definition) is 1. The Morgan fingerprint density at radius 1 is 0.872 bits per heavy atom. The Morgan fingerprint density at radius 3 is 2.05 bits per heavy atom. The van der Waals surface area contributed by atoms with Crippen molar-refractivity contribution in [2.45, 2.75) is 84.2 Å². The molecule has 0 unspecified atom stereocenters. The Kier molecular flexibility index (Phi) is 11.9. The van der Waals surface area contributed by atoms with Crippen molar-refractivity contribution in [3.63, 3.8) is 0 Å². The van der Waals surface area contributed by atoms with Gasteiger partial charge in [-0.3, -0.25) is 24.0 Å². The molecule has 0 spiro atoms. The molecule has 13 heteroatoms. The van der Waals surface area contributed by atoms with E-state index in [4.69, 9.17) is 28.4 Å². The number of carbonyl (C=O) groups is 6. The topological polar surface area (TPSA) is 170 Å². The minimum Gasteiger partial charge on any atom is -0.462 e. The second-order valence-corrected chi connectivity index (χ2v) is 8.82. The molecule has 1 amide bonds. The highest BCUT2D eigenvalue weighted by molar-refractivity contribution is 5.76. The van der Waals surface area contributed by atoms with Gasteiger partial charge in [-0.25, -0.2) is 4.79 Å². The molecule has 6 atom stereocenters. The summed E-state index contributed by atoms with van der Waals surface area (Å²) in [7, 11) is 0. The zero-order valence-electron chi connectivity index (χ0n) is 22.4. The summed E-state index contributed by atoms with van der Waals surface area (Å²) in [5.41, 5.74) is 0.708. The van der Waals surface area contributed by atoms with Gasteiger partial charge in [0.1, 0.15) is 25.4 Å². The average molecular weight is 552 g/mol. The van der Waals surface area contributed by atoms with E-state index in [1.165, 1.54) is 6.92 Å². The lowest BCUT2D eigenvalue weighted by molar-refractivity contribution is -0.219. The quantitative estimate of drug-likeness (QED) is 0.303. The van der Waals surface area contributed by atoms with E-state index in [0.29, 0.717) is 5.56 Å². The normalized spacial score (nSPS) is 21.9. The van der Waals surface area contributed by atoms with E-state index < -0.39 is 78.9 Å². The molecule has 0 aliphatic carbocycles. The average Bonchev–Trinajstić information content (AvgIpc) is 2.84. The van der Waals surface area contributed by atoms with Gasteiger partial charge in [-0.2, -0.15) is 0 Å². The largest absolute Gasteiger partial charge is 0.462 e. The predicted molar refractivity (Wildman–Crippen MR) is 130 cm³/mol. The van der Waals surface area contributed by atoms with Crippen molar-refractivity contribution in [3.8, 4) is 0 Å². The van der Waals surface area contributed by atoms with Gasteiger partial charge in [0.2, 0.25) is 5.91 Å². The zero-order valence-corrected chi connectivity index (χ0v) is 22.4. The first-order valence-corrected chi connectivity index (χ1v) is 12.2. The Balaban J connectivity index is 2.48. The van der Waals surface area contributed by atoms with Crippen molar-refractivity contribution in [3.05, 3.63) is 35.9 Å². The highest BCUT2D eigenvalue weighted by Gasteiger charge is 2.51. The maximum absolute atomic E-state index is 13.0. The number of esters is 5. The maximum atomic E-state index is 13.0. The molecule has 1 aliphatic rings. The predicted octanol–water partition coefficient (Wildman–Crippen LogP) is 0.750. The molecule has 0 bridgehead atoms. The van der Waals surface area contributed by atoms with Gasteiger partial charge in [-0.05, 0) is 5.56 Å². The van der Waals surface area contributed by atoms with Gasteiger partial charge in [0.15, 0.2) is 18.3 Å². The van der Waals surface area contributed by atoms with Gasteiger partial charge in [-0.1, -0.05) is 30.3 Å². The number of benzene rings is 1. The van der Waals surface area contributed by atoms with Crippen molar-refractivity contribution in [1.82, 2.24) is 5.32 Å². The summed E-state index contributed by atoms with van der Waals surface area (Å²) in [5, 5.41) is 2.60. The summed E-state index contributed by atoms with van der Waals surface area (Å²) in [5.74, 6) is -4.42. The van der Waals surface area contributed by atoms with Crippen LogP contribution in [0.25, 0.3) is 0 Å². The number of hydrogen-bond acceptors (Lipinski definition) is 12. The molecule has 13 nitrogen and oxygen atoms in total. The lowest BCUT2D eigenvalue weighted by atomic mass is 9.89. The van der Waals surface area contributed by atoms with Crippen molar-refractivity contribution in [1.29, 1.82) is 0 Å². The summed E-state index contributed by atoms with van der Waals surface area (Å²) in [6.07, 6.45) is -7.00. The molecule has 1 saturated heterocycles. The molecular formula is C26H33NO12. The van der Waals surface area contributed by atoms with E-state index in [-0.39, 0.29) is 13.0 Å². The zero-order chi connectivity index (χ0) is 29.1. The fraction of sp³-hybridized carbons (Fsp3) is 0.538. The molecule has 1 aromatic rings. The molecular weight excluding hydrogens is 518 g/mol. The molecule has 1 heterocycles. The van der Waals surface area contributed by atoms with Crippen LogP contribution in [0.15, 0.2) is 30.3 Å². The van der Waals surface area contributed by atoms with Crippen LogP contribution in [0.1, 0.15) is 46.6 Å². The number of rotatable bonds is 11. The molecule has 39 heavy (non-hydrogen) atoms. The number of ether oxygens (including phenoxy) is 6. The van der Waals surface area contributed by atoms with Crippen molar-refractivity contribution in [2.24, 2.45) is 0 Å². The monoisotopic (exact) mass is 551 g/mol. The van der Waals surface area contributed by atoms with Crippen LogP contribution in [0.4, 0.5) is 0 Å². The van der Waals surface area contributed by atoms with Gasteiger partial charge < -0.3 is 33.7 Å². The summed E-state index contributed by atoms with van der Waals surface area (Å²) >= 11 is 0. The van der Waals surface area contributed by atoms with Gasteiger partial charge in [-0.15, -0.1) is 0 Å².